The van der Waals surface area contributed by atoms with Gasteiger partial charge >= 0.3 is 0 Å². The summed E-state index contributed by atoms with van der Waals surface area (Å²) in [6.07, 6.45) is 8.74. The molecule has 2 aromatic rings. The Morgan fingerprint density at radius 2 is 2.46 bits per heavy atom. The fourth-order valence-corrected chi connectivity index (χ4v) is 0.794. The van der Waals surface area contributed by atoms with E-state index in [-0.39, 0.29) is 0 Å². The SMILES string of the molecule is [c]1nocc1OCc1cnccn1. The highest BCUT2D eigenvalue weighted by Crippen LogP contribution is 2.07. The van der Waals surface area contributed by atoms with Crippen LogP contribution in [0.15, 0.2) is 29.4 Å². The summed E-state index contributed by atoms with van der Waals surface area (Å²) in [5.74, 6) is 0.464. The molecule has 2 aromatic heterocycles. The Morgan fingerprint density at radius 3 is 3.15 bits per heavy atom. The smallest absolute Gasteiger partial charge is 0.189 e. The van der Waals surface area contributed by atoms with Crippen LogP contribution in [-0.4, -0.2) is 15.1 Å². The molecule has 0 saturated carbocycles. The molecule has 0 aliphatic rings. The molecule has 0 spiro atoms. The lowest BCUT2D eigenvalue weighted by atomic mass is 10.5. The van der Waals surface area contributed by atoms with Gasteiger partial charge in [-0.15, -0.1) is 0 Å². The van der Waals surface area contributed by atoms with E-state index in [0.717, 1.165) is 5.69 Å². The normalized spacial score (nSPS) is 9.85. The van der Waals surface area contributed by atoms with Gasteiger partial charge in [0.1, 0.15) is 6.61 Å². The van der Waals surface area contributed by atoms with Crippen LogP contribution in [-0.2, 0) is 6.61 Å². The van der Waals surface area contributed by atoms with Gasteiger partial charge in [-0.1, -0.05) is 5.16 Å². The molecular formula is C8H6N3O2. The molecule has 2 rings (SSSR count). The van der Waals surface area contributed by atoms with Crippen molar-refractivity contribution < 1.29 is 9.26 Å². The Morgan fingerprint density at radius 1 is 1.46 bits per heavy atom. The third kappa shape index (κ3) is 2.02. The van der Waals surface area contributed by atoms with Crippen molar-refractivity contribution in [3.05, 3.63) is 36.7 Å². The summed E-state index contributed by atoms with van der Waals surface area (Å²) in [4.78, 5) is 7.92. The number of ether oxygens (including phenoxy) is 1. The van der Waals surface area contributed by atoms with Crippen LogP contribution < -0.4 is 4.74 Å². The van der Waals surface area contributed by atoms with E-state index >= 15 is 0 Å². The molecule has 0 fully saturated rings. The van der Waals surface area contributed by atoms with E-state index in [2.05, 4.69) is 25.8 Å². The average Bonchev–Trinajstić information content (AvgIpc) is 2.69. The third-order valence-corrected chi connectivity index (χ3v) is 1.36. The molecule has 0 saturated heterocycles. The van der Waals surface area contributed by atoms with E-state index < -0.39 is 0 Å². The van der Waals surface area contributed by atoms with E-state index in [4.69, 9.17) is 4.74 Å². The maximum absolute atomic E-state index is 5.22. The van der Waals surface area contributed by atoms with Crippen LogP contribution in [0, 0.1) is 6.20 Å². The number of aromatic nitrogens is 3. The largest absolute Gasteiger partial charge is 0.481 e. The molecule has 5 heteroatoms. The highest BCUT2D eigenvalue weighted by atomic mass is 16.5. The molecule has 0 aromatic carbocycles. The van der Waals surface area contributed by atoms with Gasteiger partial charge in [0.05, 0.1) is 11.9 Å². The molecule has 0 N–H and O–H groups in total. The van der Waals surface area contributed by atoms with Crippen LogP contribution in [0.3, 0.4) is 0 Å². The van der Waals surface area contributed by atoms with E-state index in [0.29, 0.717) is 12.4 Å². The summed E-state index contributed by atoms with van der Waals surface area (Å²) in [5, 5.41) is 3.37. The molecule has 0 aliphatic heterocycles. The van der Waals surface area contributed by atoms with Crippen LogP contribution in [0.4, 0.5) is 0 Å². The zero-order valence-electron chi connectivity index (χ0n) is 6.67. The van der Waals surface area contributed by atoms with Gasteiger partial charge in [0.2, 0.25) is 0 Å². The summed E-state index contributed by atoms with van der Waals surface area (Å²) in [7, 11) is 0. The molecule has 0 atom stereocenters. The van der Waals surface area contributed by atoms with Crippen molar-refractivity contribution in [1.29, 1.82) is 0 Å². The van der Waals surface area contributed by atoms with Gasteiger partial charge in [0.25, 0.3) is 0 Å². The van der Waals surface area contributed by atoms with Gasteiger partial charge in [-0.25, -0.2) is 0 Å². The first-order chi connectivity index (χ1) is 6.45. The number of rotatable bonds is 3. The van der Waals surface area contributed by atoms with Crippen molar-refractivity contribution in [1.82, 2.24) is 15.1 Å². The van der Waals surface area contributed by atoms with Crippen LogP contribution in [0.1, 0.15) is 5.69 Å². The maximum Gasteiger partial charge on any atom is 0.189 e. The minimum atomic E-state index is 0.339. The Hall–Kier alpha value is -1.91. The molecule has 0 aliphatic carbocycles. The standard InChI is InChI=1S/C8H6N3O2/c1-2-10-7(3-9-1)5-12-8-4-11-13-6-8/h1-3,6H,5H2. The van der Waals surface area contributed by atoms with Gasteiger partial charge in [-0.2, -0.15) is 0 Å². The van der Waals surface area contributed by atoms with Crippen molar-refractivity contribution in [2.24, 2.45) is 0 Å². The summed E-state index contributed by atoms with van der Waals surface area (Å²) in [5.41, 5.74) is 0.747. The second kappa shape index (κ2) is 3.66. The molecule has 65 valence electrons. The lowest BCUT2D eigenvalue weighted by molar-refractivity contribution is 0.296. The van der Waals surface area contributed by atoms with Crippen molar-refractivity contribution in [2.75, 3.05) is 0 Å². The average molecular weight is 176 g/mol. The van der Waals surface area contributed by atoms with Gasteiger partial charge in [0, 0.05) is 12.4 Å². The quantitative estimate of drug-likeness (QED) is 0.693. The number of hydrogen-bond donors (Lipinski definition) is 0. The van der Waals surface area contributed by atoms with E-state index in [1.807, 2.05) is 0 Å². The Balaban J connectivity index is 1.94. The summed E-state index contributed by atoms with van der Waals surface area (Å²) in [6.45, 7) is 0.339. The summed E-state index contributed by atoms with van der Waals surface area (Å²) >= 11 is 0. The van der Waals surface area contributed by atoms with Gasteiger partial charge < -0.3 is 9.26 Å². The van der Waals surface area contributed by atoms with Gasteiger partial charge in [-0.05, 0) is 0 Å². The van der Waals surface area contributed by atoms with Crippen molar-refractivity contribution in [3.8, 4) is 5.75 Å². The fraction of sp³-hybridized carbons (Fsp3) is 0.125. The molecule has 0 unspecified atom stereocenters. The van der Waals surface area contributed by atoms with Crippen LogP contribution in [0.2, 0.25) is 0 Å². The predicted octanol–water partition coefficient (Wildman–Crippen LogP) is 0.844. The Bertz CT molecular complexity index is 347. The summed E-state index contributed by atoms with van der Waals surface area (Å²) in [6, 6.07) is 0. The molecule has 2 heterocycles. The molecule has 1 radical (unpaired) electrons. The minimum Gasteiger partial charge on any atom is -0.481 e. The zero-order chi connectivity index (χ0) is 8.93. The Labute approximate surface area is 74.4 Å². The van der Waals surface area contributed by atoms with Crippen molar-refractivity contribution in [3.63, 3.8) is 0 Å². The molecule has 0 amide bonds. The molecular weight excluding hydrogens is 170 g/mol. The topological polar surface area (TPSA) is 61.0 Å². The fourth-order valence-electron chi connectivity index (χ4n) is 0.794. The second-order valence-corrected chi connectivity index (χ2v) is 2.28. The zero-order valence-corrected chi connectivity index (χ0v) is 6.67. The summed E-state index contributed by atoms with van der Waals surface area (Å²) < 4.78 is 9.75. The maximum atomic E-state index is 5.22. The lowest BCUT2D eigenvalue weighted by Gasteiger charge is -1.99. The van der Waals surface area contributed by atoms with Gasteiger partial charge in [-0.3, -0.25) is 9.97 Å². The van der Waals surface area contributed by atoms with Crippen LogP contribution in [0.25, 0.3) is 0 Å². The van der Waals surface area contributed by atoms with E-state index in [1.54, 1.807) is 18.6 Å². The number of nitrogens with zero attached hydrogens (tertiary/aromatic N) is 3. The molecule has 0 bridgehead atoms. The van der Waals surface area contributed by atoms with Gasteiger partial charge in [0.15, 0.2) is 18.2 Å². The first kappa shape index (κ1) is 7.72. The highest BCUT2D eigenvalue weighted by Gasteiger charge is 1.98. The lowest BCUT2D eigenvalue weighted by Crippen LogP contribution is -1.97. The highest BCUT2D eigenvalue weighted by molar-refractivity contribution is 5.07. The first-order valence-corrected chi connectivity index (χ1v) is 3.65. The minimum absolute atomic E-state index is 0.339. The third-order valence-electron chi connectivity index (χ3n) is 1.36. The Kier molecular flexibility index (Phi) is 2.18. The molecule has 5 nitrogen and oxygen atoms in total. The molecule has 13 heavy (non-hydrogen) atoms. The van der Waals surface area contributed by atoms with E-state index in [9.17, 15) is 0 Å². The van der Waals surface area contributed by atoms with Crippen LogP contribution >= 0.6 is 0 Å². The van der Waals surface area contributed by atoms with Crippen molar-refractivity contribution in [2.45, 2.75) is 6.61 Å². The first-order valence-electron chi connectivity index (χ1n) is 3.65. The predicted molar refractivity (Wildman–Crippen MR) is 41.7 cm³/mol. The second-order valence-electron chi connectivity index (χ2n) is 2.28. The number of hydrogen-bond acceptors (Lipinski definition) is 5. The van der Waals surface area contributed by atoms with Crippen LogP contribution in [0.5, 0.6) is 5.75 Å². The van der Waals surface area contributed by atoms with E-state index in [1.165, 1.54) is 6.26 Å². The monoisotopic (exact) mass is 176 g/mol. The van der Waals surface area contributed by atoms with Crippen molar-refractivity contribution >= 4 is 0 Å².